The Morgan fingerprint density at radius 2 is 1.97 bits per heavy atom. The maximum atomic E-state index is 13.4. The van der Waals surface area contributed by atoms with E-state index in [1.165, 1.54) is 29.0 Å². The lowest BCUT2D eigenvalue weighted by molar-refractivity contribution is -0.137. The second-order valence-electron chi connectivity index (χ2n) is 7.13. The van der Waals surface area contributed by atoms with Crippen molar-refractivity contribution in [3.8, 4) is 5.75 Å². The van der Waals surface area contributed by atoms with Gasteiger partial charge in [0.2, 0.25) is 0 Å². The molecule has 1 amide bonds. The van der Waals surface area contributed by atoms with Crippen molar-refractivity contribution in [3.63, 3.8) is 0 Å². The number of nitrogens with zero attached hydrogens (tertiary/aromatic N) is 1. The number of benzene rings is 1. The van der Waals surface area contributed by atoms with Crippen LogP contribution in [0.1, 0.15) is 31.9 Å². The molecule has 9 heteroatoms. The first-order valence-electron chi connectivity index (χ1n) is 9.27. The summed E-state index contributed by atoms with van der Waals surface area (Å²) in [6, 6.07) is 7.56. The van der Waals surface area contributed by atoms with Crippen molar-refractivity contribution >= 4 is 11.8 Å². The zero-order valence-corrected chi connectivity index (χ0v) is 16.7. The molecule has 1 aromatic heterocycles. The fraction of sp³-hybridized carbons (Fsp3) is 0.333. The monoisotopic (exact) mass is 422 g/mol. The highest BCUT2D eigenvalue weighted by atomic mass is 19.4. The Balaban J connectivity index is 2.26. The first-order chi connectivity index (χ1) is 14.0. The number of rotatable bonds is 4. The van der Waals surface area contributed by atoms with E-state index in [1.54, 1.807) is 26.8 Å². The summed E-state index contributed by atoms with van der Waals surface area (Å²) in [7, 11) is 0. The summed E-state index contributed by atoms with van der Waals surface area (Å²) in [6.45, 7) is 5.15. The van der Waals surface area contributed by atoms with Gasteiger partial charge in [0.1, 0.15) is 11.4 Å². The Kier molecular flexibility index (Phi) is 5.65. The van der Waals surface area contributed by atoms with Crippen LogP contribution in [0.2, 0.25) is 0 Å². The number of nitrogens with one attached hydrogen (secondary N) is 1. The number of carbonyl (C=O) groups excluding carboxylic acids is 1. The van der Waals surface area contributed by atoms with E-state index in [1.807, 2.05) is 0 Å². The van der Waals surface area contributed by atoms with Gasteiger partial charge in [-0.3, -0.25) is 9.36 Å². The third-order valence-corrected chi connectivity index (χ3v) is 4.69. The van der Waals surface area contributed by atoms with Crippen LogP contribution in [0.4, 0.5) is 18.0 Å². The zero-order valence-electron chi connectivity index (χ0n) is 16.7. The third kappa shape index (κ3) is 4.19. The van der Waals surface area contributed by atoms with Crippen molar-refractivity contribution in [2.45, 2.75) is 32.5 Å². The van der Waals surface area contributed by atoms with Gasteiger partial charge in [0.15, 0.2) is 0 Å². The molecule has 0 saturated carbocycles. The minimum absolute atomic E-state index is 0.0851. The highest BCUT2D eigenvalue weighted by Gasteiger charge is 2.38. The molecule has 30 heavy (non-hydrogen) atoms. The lowest BCUT2D eigenvalue weighted by Crippen LogP contribution is -2.42. The first kappa shape index (κ1) is 21.5. The van der Waals surface area contributed by atoms with Crippen LogP contribution in [-0.4, -0.2) is 29.4 Å². The largest absolute Gasteiger partial charge is 0.483 e. The molecule has 0 radical (unpaired) electrons. The van der Waals surface area contributed by atoms with Crippen LogP contribution in [0.3, 0.4) is 0 Å². The predicted molar refractivity (Wildman–Crippen MR) is 104 cm³/mol. The molecule has 0 fully saturated rings. The van der Waals surface area contributed by atoms with Gasteiger partial charge in [0, 0.05) is 29.9 Å². The van der Waals surface area contributed by atoms with Gasteiger partial charge >= 0.3 is 12.3 Å². The lowest BCUT2D eigenvalue weighted by Gasteiger charge is -2.37. The fourth-order valence-electron chi connectivity index (χ4n) is 3.29. The number of pyridine rings is 1. The number of carbonyl (C=O) groups is 1. The molecule has 0 spiro atoms. The van der Waals surface area contributed by atoms with Crippen molar-refractivity contribution in [1.82, 2.24) is 9.88 Å². The van der Waals surface area contributed by atoms with Gasteiger partial charge in [-0.15, -0.1) is 0 Å². The molecule has 1 aliphatic rings. The van der Waals surface area contributed by atoms with E-state index in [0.29, 0.717) is 5.57 Å². The van der Waals surface area contributed by atoms with Gasteiger partial charge in [0.05, 0.1) is 17.9 Å². The summed E-state index contributed by atoms with van der Waals surface area (Å²) in [5.41, 5.74) is -1.55. The Morgan fingerprint density at radius 1 is 1.23 bits per heavy atom. The summed E-state index contributed by atoms with van der Waals surface area (Å²) in [5, 5.41) is 2.57. The maximum Gasteiger partial charge on any atom is 0.416 e. The average molecular weight is 422 g/mol. The van der Waals surface area contributed by atoms with E-state index in [9.17, 15) is 22.8 Å². The minimum Gasteiger partial charge on any atom is -0.483 e. The molecule has 3 rings (SSSR count). The van der Waals surface area contributed by atoms with Crippen molar-refractivity contribution in [1.29, 1.82) is 0 Å². The molecule has 0 saturated heterocycles. The first-order valence-corrected chi connectivity index (χ1v) is 9.27. The molecule has 0 unspecified atom stereocenters. The number of alkyl halides is 3. The second-order valence-corrected chi connectivity index (χ2v) is 7.13. The standard InChI is InChI=1S/C21H21F3N2O4/c1-4-29-19(28)25-12-15-18(26-10-6-5-7-17(26)27)14-11-13(21(22,23)24)8-9-16(14)30-20(15,2)3/h5-11H,4,12H2,1-3H3,(H,25,28). The number of alkyl carbamates (subject to hydrolysis) is 1. The molecule has 0 atom stereocenters. The van der Waals surface area contributed by atoms with Gasteiger partial charge in [-0.05, 0) is 45.0 Å². The van der Waals surface area contributed by atoms with Gasteiger partial charge in [0.25, 0.3) is 5.56 Å². The predicted octanol–water partition coefficient (Wildman–Crippen LogP) is 4.04. The van der Waals surface area contributed by atoms with Crippen molar-refractivity contribution in [2.24, 2.45) is 0 Å². The summed E-state index contributed by atoms with van der Waals surface area (Å²) in [5.74, 6) is 0.207. The van der Waals surface area contributed by atoms with Crippen molar-refractivity contribution in [3.05, 3.63) is 69.6 Å². The van der Waals surface area contributed by atoms with Crippen LogP contribution in [0.5, 0.6) is 5.75 Å². The molecule has 0 bridgehead atoms. The van der Waals surface area contributed by atoms with Crippen LogP contribution in [-0.2, 0) is 10.9 Å². The minimum atomic E-state index is -4.57. The topological polar surface area (TPSA) is 69.6 Å². The Labute approximate surface area is 170 Å². The summed E-state index contributed by atoms with van der Waals surface area (Å²) >= 11 is 0. The molecule has 1 aliphatic heterocycles. The van der Waals surface area contributed by atoms with E-state index < -0.39 is 29.0 Å². The lowest BCUT2D eigenvalue weighted by atomic mass is 9.88. The SMILES string of the molecule is CCOC(=O)NCC1=C(n2ccccc2=O)c2cc(C(F)(F)F)ccc2OC1(C)C. The average Bonchev–Trinajstić information content (AvgIpc) is 2.65. The molecule has 160 valence electrons. The molecular formula is C21H21F3N2O4. The Morgan fingerprint density at radius 3 is 2.60 bits per heavy atom. The second kappa shape index (κ2) is 7.89. The highest BCUT2D eigenvalue weighted by molar-refractivity contribution is 5.78. The molecular weight excluding hydrogens is 401 g/mol. The van der Waals surface area contributed by atoms with Crippen LogP contribution < -0.4 is 15.6 Å². The Hall–Kier alpha value is -3.23. The van der Waals surface area contributed by atoms with E-state index >= 15 is 0 Å². The van der Waals surface area contributed by atoms with E-state index in [0.717, 1.165) is 12.1 Å². The number of amides is 1. The molecule has 1 N–H and O–H groups in total. The maximum absolute atomic E-state index is 13.4. The number of hydrogen-bond acceptors (Lipinski definition) is 4. The molecule has 1 aromatic carbocycles. The smallest absolute Gasteiger partial charge is 0.416 e. The van der Waals surface area contributed by atoms with Gasteiger partial charge in [-0.1, -0.05) is 6.07 Å². The zero-order chi connectivity index (χ0) is 22.1. The third-order valence-electron chi connectivity index (χ3n) is 4.69. The van der Waals surface area contributed by atoms with E-state index in [-0.39, 0.29) is 30.2 Å². The van der Waals surface area contributed by atoms with E-state index in [4.69, 9.17) is 9.47 Å². The molecule has 6 nitrogen and oxygen atoms in total. The number of halogens is 3. The summed E-state index contributed by atoms with van der Waals surface area (Å²) in [4.78, 5) is 24.4. The van der Waals surface area contributed by atoms with Gasteiger partial charge in [-0.2, -0.15) is 13.2 Å². The highest BCUT2D eigenvalue weighted by Crippen LogP contribution is 2.43. The Bertz CT molecular complexity index is 1050. The van der Waals surface area contributed by atoms with Crippen molar-refractivity contribution < 1.29 is 27.4 Å². The molecule has 2 heterocycles. The van der Waals surface area contributed by atoms with E-state index in [2.05, 4.69) is 5.32 Å². The number of fused-ring (bicyclic) bond motifs is 1. The number of hydrogen-bond donors (Lipinski definition) is 1. The fourth-order valence-corrected chi connectivity index (χ4v) is 3.29. The normalized spacial score (nSPS) is 15.3. The molecule has 0 aliphatic carbocycles. The number of aromatic nitrogens is 1. The van der Waals surface area contributed by atoms with Crippen LogP contribution in [0.15, 0.2) is 53.0 Å². The summed E-state index contributed by atoms with van der Waals surface area (Å²) in [6.07, 6.45) is -3.79. The summed E-state index contributed by atoms with van der Waals surface area (Å²) < 4.78 is 52.1. The van der Waals surface area contributed by atoms with Crippen molar-refractivity contribution in [2.75, 3.05) is 13.2 Å². The molecule has 2 aromatic rings. The quantitative estimate of drug-likeness (QED) is 0.807. The number of ether oxygens (including phenoxy) is 2. The van der Waals surface area contributed by atoms with Crippen LogP contribution >= 0.6 is 0 Å². The van der Waals surface area contributed by atoms with Crippen LogP contribution in [0, 0.1) is 0 Å². The van der Waals surface area contributed by atoms with Gasteiger partial charge < -0.3 is 14.8 Å². The van der Waals surface area contributed by atoms with Gasteiger partial charge in [-0.25, -0.2) is 4.79 Å². The van der Waals surface area contributed by atoms with Crippen LogP contribution in [0.25, 0.3) is 5.70 Å².